The number of amides is 1. The third-order valence-electron chi connectivity index (χ3n) is 6.83. The van der Waals surface area contributed by atoms with Gasteiger partial charge in [0, 0.05) is 31.0 Å². The molecule has 2 aromatic heterocycles. The lowest BCUT2D eigenvalue weighted by atomic mass is 10.0. The van der Waals surface area contributed by atoms with Gasteiger partial charge in [-0.2, -0.15) is 10.2 Å². The smallest absolute Gasteiger partial charge is 0.263 e. The molecular formula is C28H27N5O3. The van der Waals surface area contributed by atoms with Gasteiger partial charge >= 0.3 is 0 Å². The Labute approximate surface area is 208 Å². The molecule has 4 aromatic rings. The molecule has 36 heavy (non-hydrogen) atoms. The normalized spacial score (nSPS) is 18.3. The van der Waals surface area contributed by atoms with Gasteiger partial charge in [-0.3, -0.25) is 9.89 Å². The Kier molecular flexibility index (Phi) is 5.36. The first-order chi connectivity index (χ1) is 17.5. The Morgan fingerprint density at radius 3 is 2.92 bits per heavy atom. The van der Waals surface area contributed by atoms with E-state index in [1.54, 1.807) is 15.8 Å². The van der Waals surface area contributed by atoms with Crippen LogP contribution < -0.4 is 9.47 Å². The van der Waals surface area contributed by atoms with Crippen molar-refractivity contribution in [2.24, 2.45) is 7.05 Å². The average molecular weight is 482 g/mol. The Balaban J connectivity index is 1.48. The van der Waals surface area contributed by atoms with Crippen LogP contribution in [0.25, 0.3) is 39.8 Å². The predicted molar refractivity (Wildman–Crippen MR) is 139 cm³/mol. The van der Waals surface area contributed by atoms with Crippen LogP contribution in [0.1, 0.15) is 30.2 Å². The standard InChI is InChI=1S/C28H27N5O3/c1-17(2)19-5-4-18-6-8-23-21-14-20(7-9-24(21)31-30-23)22-16-29-32(3)28(22)35-13-12-33-11-10-25(27(33)34)36-26(18)15-19/h4-9,14-16,25H,1,10-13H2,2-3H3,(H,30,31)/b8-6+/t25-/m1/s1. The number of carbonyl (C=O) groups is 1. The van der Waals surface area contributed by atoms with Crippen molar-refractivity contribution in [1.82, 2.24) is 24.9 Å². The number of carbonyl (C=O) groups excluding carboxylic acids is 1. The zero-order valence-corrected chi connectivity index (χ0v) is 20.3. The molecule has 0 unspecified atom stereocenters. The zero-order chi connectivity index (χ0) is 24.8. The van der Waals surface area contributed by atoms with E-state index in [1.807, 2.05) is 56.5 Å². The number of aromatic amines is 1. The molecule has 182 valence electrons. The second-order valence-electron chi connectivity index (χ2n) is 9.29. The highest BCUT2D eigenvalue weighted by Crippen LogP contribution is 2.34. The van der Waals surface area contributed by atoms with Crippen LogP contribution in [0.4, 0.5) is 0 Å². The number of hydrogen-bond acceptors (Lipinski definition) is 5. The SMILES string of the molecule is C=C(C)c1ccc2c(c1)O[C@@H]1CCN(CCOc3c(cnn3C)-c3ccc4n[nH]c(c4c3)/C=C/2)C1=O. The van der Waals surface area contributed by atoms with Crippen molar-refractivity contribution in [2.45, 2.75) is 19.4 Å². The van der Waals surface area contributed by atoms with E-state index < -0.39 is 6.10 Å². The van der Waals surface area contributed by atoms with Crippen molar-refractivity contribution in [3.8, 4) is 22.8 Å². The molecule has 1 saturated heterocycles. The van der Waals surface area contributed by atoms with Gasteiger partial charge in [0.15, 0.2) is 6.10 Å². The summed E-state index contributed by atoms with van der Waals surface area (Å²) in [5.41, 5.74) is 6.42. The maximum absolute atomic E-state index is 13.1. The van der Waals surface area contributed by atoms with E-state index in [2.05, 4.69) is 27.9 Å². The number of hydrogen-bond donors (Lipinski definition) is 1. The molecule has 0 aliphatic carbocycles. The average Bonchev–Trinajstić information content (AvgIpc) is 3.55. The third kappa shape index (κ3) is 3.84. The lowest BCUT2D eigenvalue weighted by Gasteiger charge is -2.19. The molecule has 0 spiro atoms. The van der Waals surface area contributed by atoms with Crippen LogP contribution in [0, 0.1) is 0 Å². The summed E-state index contributed by atoms with van der Waals surface area (Å²) in [7, 11) is 1.85. The number of benzene rings is 2. The molecule has 8 nitrogen and oxygen atoms in total. The topological polar surface area (TPSA) is 85.3 Å². The molecule has 1 amide bonds. The van der Waals surface area contributed by atoms with Gasteiger partial charge in [0.1, 0.15) is 12.4 Å². The summed E-state index contributed by atoms with van der Waals surface area (Å²) in [5.74, 6) is 1.31. The number of nitrogens with one attached hydrogen (secondary N) is 1. The number of allylic oxidation sites excluding steroid dienone is 1. The van der Waals surface area contributed by atoms with Crippen molar-refractivity contribution in [3.05, 3.63) is 66.0 Å². The molecule has 2 aliphatic heterocycles. The van der Waals surface area contributed by atoms with Crippen molar-refractivity contribution >= 4 is 34.5 Å². The Bertz CT molecular complexity index is 1530. The van der Waals surface area contributed by atoms with Crippen LogP contribution in [0.3, 0.4) is 0 Å². The highest BCUT2D eigenvalue weighted by atomic mass is 16.5. The van der Waals surface area contributed by atoms with Crippen molar-refractivity contribution < 1.29 is 14.3 Å². The molecule has 6 rings (SSSR count). The molecule has 0 radical (unpaired) electrons. The fraction of sp³-hybridized carbons (Fsp3) is 0.250. The number of aryl methyl sites for hydroxylation is 1. The van der Waals surface area contributed by atoms with Crippen LogP contribution in [-0.4, -0.2) is 56.6 Å². The molecular weight excluding hydrogens is 454 g/mol. The minimum absolute atomic E-state index is 0.0225. The number of H-pyrrole nitrogens is 1. The minimum Gasteiger partial charge on any atom is -0.480 e. The fourth-order valence-electron chi connectivity index (χ4n) is 4.78. The lowest BCUT2D eigenvalue weighted by molar-refractivity contribution is -0.133. The highest BCUT2D eigenvalue weighted by molar-refractivity contribution is 5.93. The van der Waals surface area contributed by atoms with E-state index in [9.17, 15) is 4.79 Å². The molecule has 4 bridgehead atoms. The zero-order valence-electron chi connectivity index (χ0n) is 20.3. The van der Waals surface area contributed by atoms with Gasteiger partial charge in [0.2, 0.25) is 5.88 Å². The summed E-state index contributed by atoms with van der Waals surface area (Å²) in [6.07, 6.45) is 5.88. The number of ether oxygens (including phenoxy) is 2. The second-order valence-corrected chi connectivity index (χ2v) is 9.29. The lowest BCUT2D eigenvalue weighted by Crippen LogP contribution is -2.35. The molecule has 1 fully saturated rings. The van der Waals surface area contributed by atoms with E-state index in [-0.39, 0.29) is 5.91 Å². The van der Waals surface area contributed by atoms with Crippen molar-refractivity contribution in [3.63, 3.8) is 0 Å². The van der Waals surface area contributed by atoms with E-state index >= 15 is 0 Å². The first kappa shape index (κ1) is 22.2. The van der Waals surface area contributed by atoms with Crippen molar-refractivity contribution in [2.75, 3.05) is 19.7 Å². The van der Waals surface area contributed by atoms with Gasteiger partial charge in [-0.05, 0) is 48.4 Å². The number of rotatable bonds is 1. The van der Waals surface area contributed by atoms with Crippen molar-refractivity contribution in [1.29, 1.82) is 0 Å². The van der Waals surface area contributed by atoms with Crippen LogP contribution in [-0.2, 0) is 11.8 Å². The Morgan fingerprint density at radius 1 is 1.17 bits per heavy atom. The maximum Gasteiger partial charge on any atom is 0.263 e. The van der Waals surface area contributed by atoms with Gasteiger partial charge in [0.05, 0.1) is 29.5 Å². The van der Waals surface area contributed by atoms with Crippen LogP contribution in [0.2, 0.25) is 0 Å². The molecule has 0 saturated carbocycles. The molecule has 8 heteroatoms. The molecule has 2 aromatic carbocycles. The first-order valence-electron chi connectivity index (χ1n) is 12.0. The van der Waals surface area contributed by atoms with Gasteiger partial charge < -0.3 is 14.4 Å². The monoisotopic (exact) mass is 481 g/mol. The van der Waals surface area contributed by atoms with Crippen LogP contribution in [0.15, 0.2) is 49.2 Å². The largest absolute Gasteiger partial charge is 0.480 e. The van der Waals surface area contributed by atoms with Crippen LogP contribution in [0.5, 0.6) is 11.6 Å². The quantitative estimate of drug-likeness (QED) is 0.432. The highest BCUT2D eigenvalue weighted by Gasteiger charge is 2.33. The second kappa shape index (κ2) is 8.71. The molecule has 1 N–H and O–H groups in total. The summed E-state index contributed by atoms with van der Waals surface area (Å²) in [6, 6.07) is 12.1. The molecule has 4 heterocycles. The van der Waals surface area contributed by atoms with Gasteiger partial charge in [-0.15, -0.1) is 0 Å². The minimum atomic E-state index is -0.533. The van der Waals surface area contributed by atoms with E-state index in [0.717, 1.165) is 44.4 Å². The number of nitrogens with zero attached hydrogens (tertiary/aromatic N) is 4. The summed E-state index contributed by atoms with van der Waals surface area (Å²) in [5, 5.41) is 13.0. The van der Waals surface area contributed by atoms with Gasteiger partial charge in [-0.25, -0.2) is 4.68 Å². The summed E-state index contributed by atoms with van der Waals surface area (Å²) in [6.45, 7) is 7.49. The summed E-state index contributed by atoms with van der Waals surface area (Å²) < 4.78 is 14.2. The number of aromatic nitrogens is 4. The fourth-order valence-corrected chi connectivity index (χ4v) is 4.78. The van der Waals surface area contributed by atoms with E-state index in [4.69, 9.17) is 9.47 Å². The Morgan fingerprint density at radius 2 is 2.06 bits per heavy atom. The van der Waals surface area contributed by atoms with Gasteiger partial charge in [-0.1, -0.05) is 30.4 Å². The predicted octanol–water partition coefficient (Wildman–Crippen LogP) is 4.54. The summed E-state index contributed by atoms with van der Waals surface area (Å²) >= 11 is 0. The maximum atomic E-state index is 13.1. The molecule has 1 atom stereocenters. The third-order valence-corrected chi connectivity index (χ3v) is 6.83. The summed E-state index contributed by atoms with van der Waals surface area (Å²) in [4.78, 5) is 14.9. The Hall–Kier alpha value is -4.33. The van der Waals surface area contributed by atoms with E-state index in [0.29, 0.717) is 37.7 Å². The molecule has 2 aliphatic rings. The number of fused-ring (bicyclic) bond motifs is 6. The van der Waals surface area contributed by atoms with Gasteiger partial charge in [0.25, 0.3) is 5.91 Å². The van der Waals surface area contributed by atoms with E-state index in [1.165, 1.54) is 0 Å². The van der Waals surface area contributed by atoms with Crippen LogP contribution >= 0.6 is 0 Å². The first-order valence-corrected chi connectivity index (χ1v) is 12.0.